The fourth-order valence-electron chi connectivity index (χ4n) is 9.23. The van der Waals surface area contributed by atoms with Crippen molar-refractivity contribution in [3.05, 3.63) is 70.5 Å². The Bertz CT molecular complexity index is 2080. The minimum absolute atomic E-state index is 0.00897. The number of hydrogen-bond acceptors (Lipinski definition) is 10. The number of halogens is 1. The van der Waals surface area contributed by atoms with E-state index in [0.29, 0.717) is 43.5 Å². The molecule has 0 spiro atoms. The lowest BCUT2D eigenvalue weighted by Crippen LogP contribution is -2.63. The van der Waals surface area contributed by atoms with Gasteiger partial charge in [0.05, 0.1) is 19.1 Å². The summed E-state index contributed by atoms with van der Waals surface area (Å²) in [4.78, 5) is 106. The van der Waals surface area contributed by atoms with E-state index in [-0.39, 0.29) is 56.8 Å². The second-order valence-corrected chi connectivity index (χ2v) is 18.4. The minimum Gasteiger partial charge on any atom is -0.458 e. The number of likely N-dealkylation sites (N-methyl/N-ethyl adjacent to an activating group) is 1. The predicted molar refractivity (Wildman–Crippen MR) is 234 cm³/mol. The van der Waals surface area contributed by atoms with Crippen molar-refractivity contribution in [1.82, 2.24) is 35.6 Å². The quantitative estimate of drug-likeness (QED) is 0.281. The van der Waals surface area contributed by atoms with Crippen LogP contribution in [0.5, 0.6) is 0 Å². The van der Waals surface area contributed by atoms with Gasteiger partial charge < -0.3 is 45.0 Å². The Kier molecular flexibility index (Phi) is 15.8. The van der Waals surface area contributed by atoms with Gasteiger partial charge in [-0.05, 0) is 96.1 Å². The molecule has 3 N–H and O–H groups in total. The number of ether oxygens (including phenoxy) is 2. The number of esters is 1. The Morgan fingerprint density at radius 1 is 0.891 bits per heavy atom. The van der Waals surface area contributed by atoms with Crippen molar-refractivity contribution in [3.63, 3.8) is 0 Å². The third kappa shape index (κ3) is 11.6. The van der Waals surface area contributed by atoms with E-state index in [1.54, 1.807) is 26.0 Å². The summed E-state index contributed by atoms with van der Waals surface area (Å²) in [6, 6.07) is 4.90. The average molecular weight is 890 g/mol. The maximum atomic E-state index is 15.2. The Balaban J connectivity index is 1.37. The largest absolute Gasteiger partial charge is 0.458 e. The molecular formula is C47H64FN7O9. The number of carbonyl (C=O) groups excluding carboxylic acids is 7. The van der Waals surface area contributed by atoms with E-state index in [0.717, 1.165) is 5.56 Å². The molecule has 0 aliphatic carbocycles. The third-order valence-corrected chi connectivity index (χ3v) is 12.7. The Labute approximate surface area is 374 Å². The van der Waals surface area contributed by atoms with Gasteiger partial charge in [0.2, 0.25) is 35.4 Å². The Morgan fingerprint density at radius 2 is 1.62 bits per heavy atom. The molecule has 0 radical (unpaired) electrons. The van der Waals surface area contributed by atoms with Crippen LogP contribution in [0.25, 0.3) is 0 Å². The summed E-state index contributed by atoms with van der Waals surface area (Å²) in [5.41, 5.74) is 2.41. The fourth-order valence-corrected chi connectivity index (χ4v) is 9.23. The van der Waals surface area contributed by atoms with Crippen LogP contribution in [0.3, 0.4) is 0 Å². The highest BCUT2D eigenvalue weighted by Gasteiger charge is 2.49. The summed E-state index contributed by atoms with van der Waals surface area (Å²) in [5, 5.41) is 8.36. The van der Waals surface area contributed by atoms with Gasteiger partial charge >= 0.3 is 5.97 Å². The standard InChI is InChI=1S/C47H64FN7O9/c1-27-11-10-12-32(19-27)22-36(50-40(56)23-33-15-14-28(2)20-35(33)48)42(57)51-41-31(5)64-47(62)39-21-29(3)25-54(39)44(59)30(4)49-43(58)37-13-8-9-16-53(37)45(60)38-24-34(26-55(38)46(41)61)63-18-17-52(6)7/h10-12,14-15,19-20,29-31,34,36-39,41H,8-9,13,16-18,21-26H2,1-7H3,(H,49,58)(H,50,56)(H,51,57)/t29-,30+,31+,34-,36+,37+,38+,39+,41+/m1/s1. The lowest BCUT2D eigenvalue weighted by Gasteiger charge is -2.39. The van der Waals surface area contributed by atoms with Crippen LogP contribution in [0.4, 0.5) is 4.39 Å². The predicted octanol–water partition coefficient (Wildman–Crippen LogP) is 1.81. The molecule has 0 aromatic heterocycles. The number of piperidine rings is 1. The normalized spacial score (nSPS) is 27.4. The molecule has 4 heterocycles. The summed E-state index contributed by atoms with van der Waals surface area (Å²) in [6.07, 6.45) is -0.310. The number of nitrogens with zero attached hydrogens (tertiary/aromatic N) is 4. The molecule has 4 aliphatic heterocycles. The van der Waals surface area contributed by atoms with E-state index >= 15 is 4.79 Å². The zero-order chi connectivity index (χ0) is 46.4. The number of amides is 6. The highest BCUT2D eigenvalue weighted by Crippen LogP contribution is 2.30. The first-order valence-electron chi connectivity index (χ1n) is 22.5. The van der Waals surface area contributed by atoms with Crippen molar-refractivity contribution in [2.45, 2.75) is 128 Å². The van der Waals surface area contributed by atoms with Crippen LogP contribution in [0.2, 0.25) is 0 Å². The molecule has 4 fully saturated rings. The number of nitrogens with one attached hydrogen (secondary N) is 3. The molecule has 2 aromatic rings. The molecule has 9 atom stereocenters. The van der Waals surface area contributed by atoms with E-state index in [2.05, 4.69) is 16.0 Å². The Morgan fingerprint density at radius 3 is 2.34 bits per heavy atom. The van der Waals surface area contributed by atoms with Gasteiger partial charge in [0.1, 0.15) is 48.2 Å². The number of benzene rings is 2. The number of cyclic esters (lactones) is 1. The first kappa shape index (κ1) is 48.0. The van der Waals surface area contributed by atoms with Crippen LogP contribution >= 0.6 is 0 Å². The first-order valence-corrected chi connectivity index (χ1v) is 22.5. The molecule has 348 valence electrons. The van der Waals surface area contributed by atoms with Crippen molar-refractivity contribution >= 4 is 41.4 Å². The average Bonchev–Trinajstić information content (AvgIpc) is 3.86. The minimum atomic E-state index is -1.59. The van der Waals surface area contributed by atoms with Crippen molar-refractivity contribution in [2.75, 3.05) is 46.9 Å². The molecule has 16 nitrogen and oxygen atoms in total. The van der Waals surface area contributed by atoms with E-state index in [9.17, 15) is 33.2 Å². The number of rotatable bonds is 11. The first-order chi connectivity index (χ1) is 30.4. The van der Waals surface area contributed by atoms with E-state index < -0.39 is 95.7 Å². The summed E-state index contributed by atoms with van der Waals surface area (Å²) in [6.45, 7) is 9.82. The van der Waals surface area contributed by atoms with Gasteiger partial charge in [0.25, 0.3) is 0 Å². The third-order valence-electron chi connectivity index (χ3n) is 12.7. The zero-order valence-electron chi connectivity index (χ0n) is 38.1. The molecule has 6 rings (SSSR count). The molecule has 4 aliphatic rings. The number of carbonyl (C=O) groups is 7. The summed E-state index contributed by atoms with van der Waals surface area (Å²) < 4.78 is 27.2. The van der Waals surface area contributed by atoms with Crippen LogP contribution < -0.4 is 16.0 Å². The molecule has 4 saturated heterocycles. The highest BCUT2D eigenvalue weighted by molar-refractivity contribution is 5.98. The fraction of sp³-hybridized carbons (Fsp3) is 0.596. The van der Waals surface area contributed by atoms with E-state index in [1.165, 1.54) is 33.8 Å². The van der Waals surface area contributed by atoms with Crippen LogP contribution in [0.15, 0.2) is 42.5 Å². The topological polar surface area (TPSA) is 187 Å². The molecule has 17 heteroatoms. The maximum Gasteiger partial charge on any atom is 0.329 e. The van der Waals surface area contributed by atoms with Crippen molar-refractivity contribution in [3.8, 4) is 0 Å². The summed E-state index contributed by atoms with van der Waals surface area (Å²) >= 11 is 0. The number of fused-ring (bicyclic) bond motifs is 3. The second kappa shape index (κ2) is 21.0. The monoisotopic (exact) mass is 889 g/mol. The van der Waals surface area contributed by atoms with Crippen LogP contribution in [0, 0.1) is 25.6 Å². The van der Waals surface area contributed by atoms with Crippen molar-refractivity contribution in [1.29, 1.82) is 0 Å². The molecule has 0 bridgehead atoms. The van der Waals surface area contributed by atoms with Gasteiger partial charge in [-0.2, -0.15) is 0 Å². The number of hydrogen-bond donors (Lipinski definition) is 3. The molecule has 64 heavy (non-hydrogen) atoms. The zero-order valence-corrected chi connectivity index (χ0v) is 38.1. The Hall–Kier alpha value is -5.42. The van der Waals surface area contributed by atoms with Gasteiger partial charge in [-0.1, -0.05) is 48.9 Å². The second-order valence-electron chi connectivity index (χ2n) is 18.4. The molecular weight excluding hydrogens is 826 g/mol. The van der Waals surface area contributed by atoms with Gasteiger partial charge in [-0.3, -0.25) is 28.8 Å². The number of aryl methyl sites for hydroxylation is 2. The van der Waals surface area contributed by atoms with Gasteiger partial charge in [0.15, 0.2) is 0 Å². The van der Waals surface area contributed by atoms with Crippen LogP contribution in [0.1, 0.15) is 75.1 Å². The molecule has 0 saturated carbocycles. The van der Waals surface area contributed by atoms with Crippen LogP contribution in [-0.2, 0) is 55.9 Å². The smallest absolute Gasteiger partial charge is 0.329 e. The highest BCUT2D eigenvalue weighted by atomic mass is 19.1. The lowest BCUT2D eigenvalue weighted by molar-refractivity contribution is -0.163. The summed E-state index contributed by atoms with van der Waals surface area (Å²) in [7, 11) is 3.79. The molecule has 6 amide bonds. The summed E-state index contributed by atoms with van der Waals surface area (Å²) in [5.74, 6) is -5.11. The van der Waals surface area contributed by atoms with Crippen LogP contribution in [-0.4, -0.2) is 156 Å². The SMILES string of the molecule is Cc1cccc(C[C@H](NC(=O)Cc2ccc(C)cc2F)C(=O)N[C@@H]2C(=O)N3C[C@H](OCCN(C)C)C[C@H]3C(=O)N3CCCC[C@H]3C(=O)N[C@@H](C)C(=O)N3C[C@H](C)C[C@H]3C(=O)O[C@H]2C)c1. The lowest BCUT2D eigenvalue weighted by atomic mass is 9.98. The molecule has 2 aromatic carbocycles. The van der Waals surface area contributed by atoms with Crippen molar-refractivity contribution in [2.24, 2.45) is 5.92 Å². The van der Waals surface area contributed by atoms with E-state index in [1.807, 2.05) is 51.0 Å². The van der Waals surface area contributed by atoms with E-state index in [4.69, 9.17) is 9.47 Å². The van der Waals surface area contributed by atoms with Crippen molar-refractivity contribution < 1.29 is 47.4 Å². The van der Waals surface area contributed by atoms with Gasteiger partial charge in [0, 0.05) is 39.0 Å². The molecule has 0 unspecified atom stereocenters. The van der Waals surface area contributed by atoms with Gasteiger partial charge in [-0.15, -0.1) is 0 Å². The maximum absolute atomic E-state index is 15.2. The van der Waals surface area contributed by atoms with Gasteiger partial charge in [-0.25, -0.2) is 9.18 Å².